The van der Waals surface area contributed by atoms with Gasteiger partial charge in [0.15, 0.2) is 0 Å². The number of imidazole rings is 1. The minimum absolute atomic E-state index is 0.0221. The molecule has 2 aromatic heterocycles. The zero-order valence-corrected chi connectivity index (χ0v) is 12.6. The molecule has 3 rings (SSSR count). The lowest BCUT2D eigenvalue weighted by molar-refractivity contribution is -0.120. The zero-order chi connectivity index (χ0) is 15.4. The summed E-state index contributed by atoms with van der Waals surface area (Å²) in [4.78, 5) is 16.0. The van der Waals surface area contributed by atoms with Crippen LogP contribution in [-0.2, 0) is 17.8 Å². The van der Waals surface area contributed by atoms with E-state index >= 15 is 0 Å². The van der Waals surface area contributed by atoms with Gasteiger partial charge in [0.2, 0.25) is 5.91 Å². The smallest absolute Gasteiger partial charge is 0.224 e. The number of nitrogens with zero attached hydrogens (tertiary/aromatic N) is 2. The summed E-state index contributed by atoms with van der Waals surface area (Å²) in [5.74, 6) is 0.0221. The number of benzene rings is 1. The van der Waals surface area contributed by atoms with Crippen molar-refractivity contribution in [2.45, 2.75) is 26.3 Å². The van der Waals surface area contributed by atoms with Crippen LogP contribution in [0.1, 0.15) is 17.5 Å². The van der Waals surface area contributed by atoms with Crippen molar-refractivity contribution in [2.75, 3.05) is 6.54 Å². The lowest BCUT2D eigenvalue weighted by Gasteiger charge is -2.05. The minimum atomic E-state index is 0.0221. The Morgan fingerprint density at radius 1 is 1.41 bits per heavy atom. The molecule has 114 valence electrons. The van der Waals surface area contributed by atoms with Crippen LogP contribution in [0.2, 0.25) is 0 Å². The number of furan rings is 1. The molecule has 1 amide bonds. The third-order valence-electron chi connectivity index (χ3n) is 3.64. The number of aryl methyl sites for hydroxylation is 2. The summed E-state index contributed by atoms with van der Waals surface area (Å²) < 4.78 is 7.51. The molecular weight excluding hydrogens is 278 g/mol. The van der Waals surface area contributed by atoms with Crippen molar-refractivity contribution in [1.29, 1.82) is 0 Å². The summed E-state index contributed by atoms with van der Waals surface area (Å²) >= 11 is 0. The monoisotopic (exact) mass is 297 g/mol. The van der Waals surface area contributed by atoms with Crippen LogP contribution in [0.3, 0.4) is 0 Å². The molecule has 0 bridgehead atoms. The molecule has 0 atom stereocenters. The fourth-order valence-electron chi connectivity index (χ4n) is 2.47. The highest BCUT2D eigenvalue weighted by molar-refractivity contribution is 5.87. The van der Waals surface area contributed by atoms with Crippen molar-refractivity contribution >= 4 is 16.9 Å². The predicted octanol–water partition coefficient (Wildman–Crippen LogP) is 2.69. The van der Waals surface area contributed by atoms with Gasteiger partial charge in [-0.05, 0) is 25.0 Å². The lowest BCUT2D eigenvalue weighted by Crippen LogP contribution is -2.26. The third-order valence-corrected chi connectivity index (χ3v) is 3.64. The quantitative estimate of drug-likeness (QED) is 0.712. The molecule has 0 unspecified atom stereocenters. The van der Waals surface area contributed by atoms with Crippen molar-refractivity contribution in [3.05, 3.63) is 54.3 Å². The van der Waals surface area contributed by atoms with E-state index in [1.807, 2.05) is 35.9 Å². The molecular formula is C17H19N3O2. The Hall–Kier alpha value is -2.56. The molecule has 0 saturated carbocycles. The van der Waals surface area contributed by atoms with Crippen LogP contribution >= 0.6 is 0 Å². The van der Waals surface area contributed by atoms with Crippen molar-refractivity contribution in [1.82, 2.24) is 14.9 Å². The van der Waals surface area contributed by atoms with E-state index < -0.39 is 0 Å². The highest BCUT2D eigenvalue weighted by Crippen LogP contribution is 2.22. The van der Waals surface area contributed by atoms with Crippen LogP contribution in [0.15, 0.2) is 47.6 Å². The van der Waals surface area contributed by atoms with E-state index in [-0.39, 0.29) is 5.91 Å². The Morgan fingerprint density at radius 2 is 2.32 bits per heavy atom. The van der Waals surface area contributed by atoms with Crippen LogP contribution in [0.5, 0.6) is 0 Å². The number of fused-ring (bicyclic) bond motifs is 1. The number of amides is 1. The Labute approximate surface area is 129 Å². The van der Waals surface area contributed by atoms with Crippen LogP contribution in [-0.4, -0.2) is 22.0 Å². The van der Waals surface area contributed by atoms with E-state index in [0.717, 1.165) is 35.1 Å². The molecule has 0 aliphatic carbocycles. The Kier molecular flexibility index (Phi) is 4.23. The van der Waals surface area contributed by atoms with Gasteiger partial charge in [0.05, 0.1) is 19.0 Å². The van der Waals surface area contributed by atoms with E-state index in [1.165, 1.54) is 0 Å². The summed E-state index contributed by atoms with van der Waals surface area (Å²) in [6, 6.07) is 6.03. The molecule has 0 saturated heterocycles. The molecule has 2 heterocycles. The van der Waals surface area contributed by atoms with E-state index in [9.17, 15) is 4.79 Å². The van der Waals surface area contributed by atoms with E-state index in [4.69, 9.17) is 4.42 Å². The molecule has 3 aromatic rings. The third kappa shape index (κ3) is 3.36. The molecule has 5 heteroatoms. The topological polar surface area (TPSA) is 60.1 Å². The molecule has 0 radical (unpaired) electrons. The number of carbonyl (C=O) groups is 1. The average molecular weight is 297 g/mol. The molecule has 0 spiro atoms. The maximum Gasteiger partial charge on any atom is 0.224 e. The second-order valence-corrected chi connectivity index (χ2v) is 5.44. The highest BCUT2D eigenvalue weighted by Gasteiger charge is 2.10. The number of carbonyl (C=O) groups excluding carboxylic acids is 1. The maximum absolute atomic E-state index is 12.0. The van der Waals surface area contributed by atoms with Crippen LogP contribution in [0, 0.1) is 6.92 Å². The summed E-state index contributed by atoms with van der Waals surface area (Å²) in [6.07, 6.45) is 8.36. The molecule has 0 fully saturated rings. The second kappa shape index (κ2) is 6.47. The Morgan fingerprint density at radius 3 is 3.14 bits per heavy atom. The van der Waals surface area contributed by atoms with Gasteiger partial charge in [0.25, 0.3) is 0 Å². The lowest BCUT2D eigenvalue weighted by atomic mass is 10.1. The summed E-state index contributed by atoms with van der Waals surface area (Å²) in [5, 5.41) is 3.96. The number of aromatic nitrogens is 2. The predicted molar refractivity (Wildman–Crippen MR) is 84.5 cm³/mol. The Balaban J connectivity index is 1.50. The fraction of sp³-hybridized carbons (Fsp3) is 0.294. The van der Waals surface area contributed by atoms with Gasteiger partial charge >= 0.3 is 0 Å². The molecule has 22 heavy (non-hydrogen) atoms. The van der Waals surface area contributed by atoms with Gasteiger partial charge in [0, 0.05) is 36.4 Å². The first kappa shape index (κ1) is 14.4. The first-order valence-corrected chi connectivity index (χ1v) is 7.41. The van der Waals surface area contributed by atoms with Crippen LogP contribution < -0.4 is 5.32 Å². The molecule has 0 aliphatic rings. The molecule has 0 aliphatic heterocycles. The number of nitrogens with one attached hydrogen (secondary N) is 1. The van der Waals surface area contributed by atoms with E-state index in [2.05, 4.69) is 10.3 Å². The van der Waals surface area contributed by atoms with Gasteiger partial charge in [-0.2, -0.15) is 0 Å². The maximum atomic E-state index is 12.0. The number of rotatable bonds is 6. The Bertz CT molecular complexity index is 759. The molecule has 1 N–H and O–H groups in total. The first-order chi connectivity index (χ1) is 10.7. The second-order valence-electron chi connectivity index (χ2n) is 5.44. The van der Waals surface area contributed by atoms with Crippen molar-refractivity contribution in [3.8, 4) is 0 Å². The number of hydrogen-bond acceptors (Lipinski definition) is 3. The fourth-order valence-corrected chi connectivity index (χ4v) is 2.47. The molecule has 5 nitrogen and oxygen atoms in total. The van der Waals surface area contributed by atoms with Gasteiger partial charge in [-0.3, -0.25) is 4.79 Å². The zero-order valence-electron chi connectivity index (χ0n) is 12.6. The van der Waals surface area contributed by atoms with Gasteiger partial charge in [-0.25, -0.2) is 4.98 Å². The van der Waals surface area contributed by atoms with E-state index in [0.29, 0.717) is 13.0 Å². The van der Waals surface area contributed by atoms with Crippen molar-refractivity contribution in [3.63, 3.8) is 0 Å². The molecule has 1 aromatic carbocycles. The SMILES string of the molecule is Cc1ccc2c(CC(=O)NCCCn3ccnc3)coc2c1. The summed E-state index contributed by atoms with van der Waals surface area (Å²) in [7, 11) is 0. The van der Waals surface area contributed by atoms with Gasteiger partial charge < -0.3 is 14.3 Å². The van der Waals surface area contributed by atoms with Crippen LogP contribution in [0.4, 0.5) is 0 Å². The standard InChI is InChI=1S/C17H19N3O2/c1-13-3-4-15-14(11-22-16(15)9-13)10-17(21)19-5-2-7-20-8-6-18-12-20/h3-4,6,8-9,11-12H,2,5,7,10H2,1H3,(H,19,21). The minimum Gasteiger partial charge on any atom is -0.464 e. The summed E-state index contributed by atoms with van der Waals surface area (Å²) in [6.45, 7) is 3.54. The normalized spacial score (nSPS) is 11.0. The first-order valence-electron chi connectivity index (χ1n) is 7.41. The van der Waals surface area contributed by atoms with Gasteiger partial charge in [-0.1, -0.05) is 12.1 Å². The average Bonchev–Trinajstić information content (AvgIpc) is 3.14. The van der Waals surface area contributed by atoms with Gasteiger partial charge in [-0.15, -0.1) is 0 Å². The van der Waals surface area contributed by atoms with Gasteiger partial charge in [0.1, 0.15) is 5.58 Å². The van der Waals surface area contributed by atoms with Crippen molar-refractivity contribution in [2.24, 2.45) is 0 Å². The number of hydrogen-bond donors (Lipinski definition) is 1. The highest BCUT2D eigenvalue weighted by atomic mass is 16.3. The van der Waals surface area contributed by atoms with Crippen LogP contribution in [0.25, 0.3) is 11.0 Å². The largest absolute Gasteiger partial charge is 0.464 e. The summed E-state index contributed by atoms with van der Waals surface area (Å²) in [5.41, 5.74) is 2.92. The van der Waals surface area contributed by atoms with E-state index in [1.54, 1.807) is 18.8 Å². The van der Waals surface area contributed by atoms with Crippen molar-refractivity contribution < 1.29 is 9.21 Å².